The minimum Gasteiger partial charge on any atom is -0.352 e. The lowest BCUT2D eigenvalue weighted by molar-refractivity contribution is -0.114. The summed E-state index contributed by atoms with van der Waals surface area (Å²) in [5, 5.41) is 8.22. The van der Waals surface area contributed by atoms with Crippen molar-refractivity contribution in [2.75, 3.05) is 17.2 Å². The summed E-state index contributed by atoms with van der Waals surface area (Å²) < 4.78 is 0. The molecule has 0 saturated carbocycles. The molecule has 0 radical (unpaired) electrons. The van der Waals surface area contributed by atoms with Crippen LogP contribution in [0.1, 0.15) is 53.8 Å². The van der Waals surface area contributed by atoms with Crippen LogP contribution in [0.5, 0.6) is 0 Å². The molecular formula is C20H24N4O3. The predicted octanol–water partition coefficient (Wildman–Crippen LogP) is 3.21. The third-order valence-corrected chi connectivity index (χ3v) is 3.77. The van der Waals surface area contributed by atoms with Gasteiger partial charge in [0, 0.05) is 37.2 Å². The Morgan fingerprint density at radius 3 is 2.26 bits per heavy atom. The van der Waals surface area contributed by atoms with E-state index in [0.29, 0.717) is 23.5 Å². The molecule has 0 saturated heterocycles. The molecule has 3 N–H and O–H groups in total. The number of hydrogen-bond donors (Lipinski definition) is 3. The van der Waals surface area contributed by atoms with Gasteiger partial charge in [-0.15, -0.1) is 0 Å². The van der Waals surface area contributed by atoms with Crippen molar-refractivity contribution in [1.29, 1.82) is 0 Å². The molecule has 1 aromatic heterocycles. The van der Waals surface area contributed by atoms with Gasteiger partial charge in [0.05, 0.1) is 11.1 Å². The van der Waals surface area contributed by atoms with E-state index < -0.39 is 0 Å². The number of carbonyl (C=O) groups excluding carboxylic acids is 3. The van der Waals surface area contributed by atoms with Crippen molar-refractivity contribution < 1.29 is 14.4 Å². The zero-order valence-corrected chi connectivity index (χ0v) is 15.5. The fraction of sp³-hybridized carbons (Fsp3) is 0.300. The van der Waals surface area contributed by atoms with Gasteiger partial charge in [0.2, 0.25) is 5.91 Å². The molecule has 1 heterocycles. The summed E-state index contributed by atoms with van der Waals surface area (Å²) in [6.45, 7) is 4.11. The highest BCUT2D eigenvalue weighted by Crippen LogP contribution is 2.16. The zero-order chi connectivity index (χ0) is 19.6. The number of carbonyl (C=O) groups is 3. The summed E-state index contributed by atoms with van der Waals surface area (Å²) in [5.74, 6) is -0.829. The van der Waals surface area contributed by atoms with Gasteiger partial charge in [0.25, 0.3) is 11.8 Å². The van der Waals surface area contributed by atoms with Gasteiger partial charge >= 0.3 is 0 Å². The number of nitrogens with zero attached hydrogens (tertiary/aromatic N) is 1. The van der Waals surface area contributed by atoms with Gasteiger partial charge < -0.3 is 16.0 Å². The van der Waals surface area contributed by atoms with Crippen LogP contribution >= 0.6 is 0 Å². The number of amides is 3. The highest BCUT2D eigenvalue weighted by molar-refractivity contribution is 6.06. The lowest BCUT2D eigenvalue weighted by atomic mass is 10.1. The molecule has 0 unspecified atom stereocenters. The first-order chi connectivity index (χ1) is 13.0. The largest absolute Gasteiger partial charge is 0.352 e. The molecule has 0 bridgehead atoms. The van der Waals surface area contributed by atoms with Crippen LogP contribution in [0.25, 0.3) is 0 Å². The first-order valence-corrected chi connectivity index (χ1v) is 8.92. The molecule has 142 valence electrons. The molecule has 0 aliphatic heterocycles. The quantitative estimate of drug-likeness (QED) is 0.623. The van der Waals surface area contributed by atoms with Crippen molar-refractivity contribution in [2.45, 2.75) is 33.1 Å². The SMILES string of the molecule is CCCCCNC(=O)c1cncc(C(=O)Nc2cccc(NC(C)=O)c2)c1. The van der Waals surface area contributed by atoms with E-state index in [1.54, 1.807) is 24.3 Å². The van der Waals surface area contributed by atoms with Gasteiger partial charge in [-0.1, -0.05) is 25.8 Å². The molecule has 7 heteroatoms. The molecule has 27 heavy (non-hydrogen) atoms. The van der Waals surface area contributed by atoms with Crippen LogP contribution in [0.3, 0.4) is 0 Å². The Balaban J connectivity index is 2.02. The summed E-state index contributed by atoms with van der Waals surface area (Å²) in [4.78, 5) is 39.7. The molecular weight excluding hydrogens is 344 g/mol. The molecule has 0 aliphatic carbocycles. The molecule has 7 nitrogen and oxygen atoms in total. The monoisotopic (exact) mass is 368 g/mol. The maximum Gasteiger partial charge on any atom is 0.257 e. The fourth-order valence-electron chi connectivity index (χ4n) is 2.45. The van der Waals surface area contributed by atoms with Crippen molar-refractivity contribution in [2.24, 2.45) is 0 Å². The van der Waals surface area contributed by atoms with Gasteiger partial charge in [0.15, 0.2) is 0 Å². The van der Waals surface area contributed by atoms with Crippen molar-refractivity contribution in [3.8, 4) is 0 Å². The molecule has 0 fully saturated rings. The van der Waals surface area contributed by atoms with Crippen LogP contribution < -0.4 is 16.0 Å². The van der Waals surface area contributed by atoms with Crippen molar-refractivity contribution in [3.05, 3.63) is 53.9 Å². The summed E-state index contributed by atoms with van der Waals surface area (Å²) >= 11 is 0. The Bertz CT molecular complexity index is 820. The van der Waals surface area contributed by atoms with Gasteiger partial charge in [-0.2, -0.15) is 0 Å². The minimum atomic E-state index is -0.386. The number of aromatic nitrogens is 1. The lowest BCUT2D eigenvalue weighted by Crippen LogP contribution is -2.25. The smallest absolute Gasteiger partial charge is 0.257 e. The van der Waals surface area contributed by atoms with E-state index >= 15 is 0 Å². The summed E-state index contributed by atoms with van der Waals surface area (Å²) in [6, 6.07) is 8.31. The van der Waals surface area contributed by atoms with Crippen LogP contribution in [-0.4, -0.2) is 29.3 Å². The number of hydrogen-bond acceptors (Lipinski definition) is 4. The molecule has 0 aliphatic rings. The standard InChI is InChI=1S/C20H24N4O3/c1-3-4-5-9-22-19(26)15-10-16(13-21-12-15)20(27)24-18-8-6-7-17(11-18)23-14(2)25/h6-8,10-13H,3-5,9H2,1-2H3,(H,22,26)(H,23,25)(H,24,27). The van der Waals surface area contributed by atoms with E-state index in [0.717, 1.165) is 19.3 Å². The van der Waals surface area contributed by atoms with Gasteiger partial charge in [-0.3, -0.25) is 19.4 Å². The lowest BCUT2D eigenvalue weighted by Gasteiger charge is -2.09. The van der Waals surface area contributed by atoms with Crippen LogP contribution in [0.2, 0.25) is 0 Å². The Kier molecular flexibility index (Phi) is 7.49. The number of anilines is 2. The first kappa shape index (κ1) is 20.1. The Morgan fingerprint density at radius 1 is 0.926 bits per heavy atom. The number of nitrogens with one attached hydrogen (secondary N) is 3. The average molecular weight is 368 g/mol. The Morgan fingerprint density at radius 2 is 1.59 bits per heavy atom. The maximum absolute atomic E-state index is 12.5. The molecule has 0 atom stereocenters. The minimum absolute atomic E-state index is 0.194. The molecule has 1 aromatic carbocycles. The van der Waals surface area contributed by atoms with Gasteiger partial charge in [-0.25, -0.2) is 0 Å². The molecule has 0 spiro atoms. The predicted molar refractivity (Wildman–Crippen MR) is 105 cm³/mol. The number of benzene rings is 1. The average Bonchev–Trinajstić information content (AvgIpc) is 2.65. The third kappa shape index (κ3) is 6.54. The number of rotatable bonds is 8. The van der Waals surface area contributed by atoms with Crippen LogP contribution in [0.15, 0.2) is 42.7 Å². The van der Waals surface area contributed by atoms with Crippen LogP contribution in [-0.2, 0) is 4.79 Å². The maximum atomic E-state index is 12.5. The zero-order valence-electron chi connectivity index (χ0n) is 15.5. The van der Waals surface area contributed by atoms with Crippen LogP contribution in [0.4, 0.5) is 11.4 Å². The van der Waals surface area contributed by atoms with Crippen molar-refractivity contribution in [3.63, 3.8) is 0 Å². The van der Waals surface area contributed by atoms with Gasteiger partial charge in [-0.05, 0) is 30.7 Å². The van der Waals surface area contributed by atoms with E-state index in [9.17, 15) is 14.4 Å². The Hall–Kier alpha value is -3.22. The van der Waals surface area contributed by atoms with Crippen LogP contribution in [0, 0.1) is 0 Å². The van der Waals surface area contributed by atoms with Gasteiger partial charge in [0.1, 0.15) is 0 Å². The second-order valence-electron chi connectivity index (χ2n) is 6.14. The van der Waals surface area contributed by atoms with E-state index in [-0.39, 0.29) is 23.3 Å². The summed E-state index contributed by atoms with van der Waals surface area (Å²) in [6.07, 6.45) is 5.89. The van der Waals surface area contributed by atoms with E-state index in [4.69, 9.17) is 0 Å². The second-order valence-corrected chi connectivity index (χ2v) is 6.14. The first-order valence-electron chi connectivity index (χ1n) is 8.92. The fourth-order valence-corrected chi connectivity index (χ4v) is 2.45. The topological polar surface area (TPSA) is 100 Å². The number of unbranched alkanes of at least 4 members (excludes halogenated alkanes) is 2. The Labute approximate surface area is 158 Å². The third-order valence-electron chi connectivity index (χ3n) is 3.77. The number of pyridine rings is 1. The summed E-state index contributed by atoms with van der Waals surface area (Å²) in [5.41, 5.74) is 1.73. The van der Waals surface area contributed by atoms with E-state index in [1.165, 1.54) is 25.4 Å². The normalized spacial score (nSPS) is 10.1. The highest BCUT2D eigenvalue weighted by Gasteiger charge is 2.12. The second kappa shape index (κ2) is 10.1. The summed E-state index contributed by atoms with van der Waals surface area (Å²) in [7, 11) is 0. The van der Waals surface area contributed by atoms with Crippen molar-refractivity contribution >= 4 is 29.1 Å². The molecule has 2 aromatic rings. The molecule has 2 rings (SSSR count). The van der Waals surface area contributed by atoms with E-state index in [1.807, 2.05) is 0 Å². The molecule has 3 amide bonds. The highest BCUT2D eigenvalue weighted by atomic mass is 16.2. The van der Waals surface area contributed by atoms with E-state index in [2.05, 4.69) is 27.9 Å². The van der Waals surface area contributed by atoms with Crippen molar-refractivity contribution in [1.82, 2.24) is 10.3 Å².